The predicted octanol–water partition coefficient (Wildman–Crippen LogP) is 2.56. The van der Waals surface area contributed by atoms with E-state index in [-0.39, 0.29) is 0 Å². The number of carboxylic acid groups (broad SMARTS) is 1. The van der Waals surface area contributed by atoms with Crippen LogP contribution >= 0.6 is 0 Å². The largest absolute Gasteiger partial charge is 0.478 e. The van der Waals surface area contributed by atoms with Gasteiger partial charge in [-0.25, -0.2) is 4.79 Å². The lowest BCUT2D eigenvalue weighted by Gasteiger charge is -2.27. The molecule has 1 N–H and O–H groups in total. The van der Waals surface area contributed by atoms with Crippen LogP contribution < -0.4 is 4.74 Å². The first-order chi connectivity index (χ1) is 6.91. The zero-order valence-corrected chi connectivity index (χ0v) is 9.23. The second-order valence-corrected chi connectivity index (χ2v) is 4.52. The van der Waals surface area contributed by atoms with Crippen molar-refractivity contribution < 1.29 is 14.6 Å². The van der Waals surface area contributed by atoms with E-state index in [0.29, 0.717) is 5.75 Å². The second-order valence-electron chi connectivity index (χ2n) is 4.52. The lowest BCUT2D eigenvalue weighted by atomic mass is 9.89. The summed E-state index contributed by atoms with van der Waals surface area (Å²) in [4.78, 5) is 11.0. The van der Waals surface area contributed by atoms with E-state index in [4.69, 9.17) is 9.84 Å². The normalized spacial score (nSPS) is 13.3. The van der Waals surface area contributed by atoms with Crippen molar-refractivity contribution in [3.8, 4) is 5.75 Å². The highest BCUT2D eigenvalue weighted by Crippen LogP contribution is 2.24. The molecule has 0 aliphatic rings. The molecule has 1 atom stereocenters. The van der Waals surface area contributed by atoms with Crippen LogP contribution in [0.4, 0.5) is 0 Å². The van der Waals surface area contributed by atoms with Gasteiger partial charge in [-0.2, -0.15) is 0 Å². The molecule has 1 aromatic carbocycles. The van der Waals surface area contributed by atoms with Gasteiger partial charge in [-0.3, -0.25) is 0 Å². The van der Waals surface area contributed by atoms with Gasteiger partial charge in [0.2, 0.25) is 0 Å². The number of rotatable bonds is 3. The van der Waals surface area contributed by atoms with E-state index in [0.717, 1.165) is 0 Å². The van der Waals surface area contributed by atoms with Gasteiger partial charge in [0.25, 0.3) is 0 Å². The van der Waals surface area contributed by atoms with E-state index in [1.807, 2.05) is 39.0 Å². The smallest absolute Gasteiger partial charge is 0.345 e. The number of ether oxygens (including phenoxy) is 1. The summed E-state index contributed by atoms with van der Waals surface area (Å²) in [6, 6.07) is 9.00. The standard InChI is InChI=1S/C12H16O3/c1-12(2,3)10(11(13)14)15-9-7-5-4-6-8-9/h4-8,10H,1-3H3,(H,13,14). The summed E-state index contributed by atoms with van der Waals surface area (Å²) < 4.78 is 5.44. The minimum atomic E-state index is -0.939. The first-order valence-electron chi connectivity index (χ1n) is 4.86. The van der Waals surface area contributed by atoms with Crippen molar-refractivity contribution in [1.82, 2.24) is 0 Å². The molecule has 0 spiro atoms. The fourth-order valence-corrected chi connectivity index (χ4v) is 1.23. The van der Waals surface area contributed by atoms with Crippen LogP contribution in [0.2, 0.25) is 0 Å². The third kappa shape index (κ3) is 3.27. The lowest BCUT2D eigenvalue weighted by molar-refractivity contribution is -0.150. The average molecular weight is 208 g/mol. The maximum Gasteiger partial charge on any atom is 0.345 e. The maximum absolute atomic E-state index is 11.0. The lowest BCUT2D eigenvalue weighted by Crippen LogP contribution is -2.39. The van der Waals surface area contributed by atoms with Crippen LogP contribution in [0.5, 0.6) is 5.75 Å². The van der Waals surface area contributed by atoms with Gasteiger partial charge in [-0.15, -0.1) is 0 Å². The number of hydrogen-bond donors (Lipinski definition) is 1. The monoisotopic (exact) mass is 208 g/mol. The third-order valence-corrected chi connectivity index (χ3v) is 2.01. The molecule has 0 aliphatic heterocycles. The van der Waals surface area contributed by atoms with E-state index in [2.05, 4.69) is 0 Å². The van der Waals surface area contributed by atoms with Crippen LogP contribution in [0.1, 0.15) is 20.8 Å². The van der Waals surface area contributed by atoms with Crippen LogP contribution in [0.3, 0.4) is 0 Å². The molecule has 0 saturated carbocycles. The molecule has 3 heteroatoms. The van der Waals surface area contributed by atoms with E-state index in [9.17, 15) is 4.79 Å². The van der Waals surface area contributed by atoms with Crippen molar-refractivity contribution >= 4 is 5.97 Å². The Morgan fingerprint density at radius 2 is 1.80 bits per heavy atom. The number of benzene rings is 1. The molecular formula is C12H16O3. The fourth-order valence-electron chi connectivity index (χ4n) is 1.23. The van der Waals surface area contributed by atoms with Crippen molar-refractivity contribution in [1.29, 1.82) is 0 Å². The molecule has 0 radical (unpaired) electrons. The third-order valence-electron chi connectivity index (χ3n) is 2.01. The number of para-hydroxylation sites is 1. The first-order valence-corrected chi connectivity index (χ1v) is 4.86. The summed E-state index contributed by atoms with van der Waals surface area (Å²) in [5.41, 5.74) is -0.429. The molecular weight excluding hydrogens is 192 g/mol. The van der Waals surface area contributed by atoms with Crippen LogP contribution in [0.15, 0.2) is 30.3 Å². The van der Waals surface area contributed by atoms with Crippen LogP contribution in [-0.4, -0.2) is 17.2 Å². The van der Waals surface area contributed by atoms with Gasteiger partial charge in [0.15, 0.2) is 6.10 Å². The predicted molar refractivity (Wildman–Crippen MR) is 57.9 cm³/mol. The van der Waals surface area contributed by atoms with Crippen molar-refractivity contribution in [3.63, 3.8) is 0 Å². The SMILES string of the molecule is CC(C)(C)C(Oc1ccccc1)C(=O)O. The second kappa shape index (κ2) is 4.34. The highest BCUT2D eigenvalue weighted by Gasteiger charge is 2.33. The number of aliphatic carboxylic acids is 1. The topological polar surface area (TPSA) is 46.5 Å². The number of hydrogen-bond acceptors (Lipinski definition) is 2. The van der Waals surface area contributed by atoms with Crippen molar-refractivity contribution in [2.24, 2.45) is 5.41 Å². The van der Waals surface area contributed by atoms with Crippen molar-refractivity contribution in [3.05, 3.63) is 30.3 Å². The summed E-state index contributed by atoms with van der Waals surface area (Å²) in [6.45, 7) is 5.53. The van der Waals surface area contributed by atoms with Gasteiger partial charge in [-0.05, 0) is 12.1 Å². The highest BCUT2D eigenvalue weighted by molar-refractivity contribution is 5.73. The minimum Gasteiger partial charge on any atom is -0.478 e. The maximum atomic E-state index is 11.0. The molecule has 82 valence electrons. The van der Waals surface area contributed by atoms with Gasteiger partial charge >= 0.3 is 5.97 Å². The van der Waals surface area contributed by atoms with Crippen molar-refractivity contribution in [2.75, 3.05) is 0 Å². The molecule has 0 bridgehead atoms. The van der Waals surface area contributed by atoms with E-state index < -0.39 is 17.5 Å². The van der Waals surface area contributed by atoms with Gasteiger partial charge in [0.05, 0.1) is 0 Å². The Labute approximate surface area is 89.7 Å². The van der Waals surface area contributed by atoms with Gasteiger partial charge in [-0.1, -0.05) is 39.0 Å². The molecule has 0 fully saturated rings. The molecule has 1 unspecified atom stereocenters. The van der Waals surface area contributed by atoms with E-state index in [1.165, 1.54) is 0 Å². The van der Waals surface area contributed by atoms with Crippen molar-refractivity contribution in [2.45, 2.75) is 26.9 Å². The fraction of sp³-hybridized carbons (Fsp3) is 0.417. The molecule has 0 aliphatic carbocycles. The summed E-state index contributed by atoms with van der Waals surface area (Å²) in [5.74, 6) is -0.355. The Morgan fingerprint density at radius 1 is 1.27 bits per heavy atom. The molecule has 0 saturated heterocycles. The summed E-state index contributed by atoms with van der Waals surface area (Å²) >= 11 is 0. The van der Waals surface area contributed by atoms with Crippen LogP contribution in [0.25, 0.3) is 0 Å². The Hall–Kier alpha value is -1.51. The Kier molecular flexibility index (Phi) is 3.35. The zero-order chi connectivity index (χ0) is 11.5. The average Bonchev–Trinajstić information content (AvgIpc) is 2.13. The van der Waals surface area contributed by atoms with Gasteiger partial charge < -0.3 is 9.84 Å². The van der Waals surface area contributed by atoms with Gasteiger partial charge in [0, 0.05) is 5.41 Å². The zero-order valence-electron chi connectivity index (χ0n) is 9.23. The van der Waals surface area contributed by atoms with E-state index in [1.54, 1.807) is 12.1 Å². The minimum absolute atomic E-state index is 0.429. The summed E-state index contributed by atoms with van der Waals surface area (Å²) in [6.07, 6.45) is -0.833. The van der Waals surface area contributed by atoms with Gasteiger partial charge in [0.1, 0.15) is 5.75 Å². The molecule has 1 rings (SSSR count). The van der Waals surface area contributed by atoms with Crippen LogP contribution in [-0.2, 0) is 4.79 Å². The first kappa shape index (κ1) is 11.6. The quantitative estimate of drug-likeness (QED) is 0.830. The molecule has 0 heterocycles. The Balaban J connectivity index is 2.82. The molecule has 15 heavy (non-hydrogen) atoms. The Morgan fingerprint density at radius 3 is 2.20 bits per heavy atom. The molecule has 0 aromatic heterocycles. The number of carboxylic acids is 1. The van der Waals surface area contributed by atoms with E-state index >= 15 is 0 Å². The number of carbonyl (C=O) groups is 1. The summed E-state index contributed by atoms with van der Waals surface area (Å²) in [5, 5.41) is 9.05. The Bertz CT molecular complexity index is 324. The highest BCUT2D eigenvalue weighted by atomic mass is 16.5. The summed E-state index contributed by atoms with van der Waals surface area (Å²) in [7, 11) is 0. The molecule has 1 aromatic rings. The molecule has 0 amide bonds. The molecule has 3 nitrogen and oxygen atoms in total. The van der Waals surface area contributed by atoms with Crippen LogP contribution in [0, 0.1) is 5.41 Å².